The Balaban J connectivity index is 1.95. The van der Waals surface area contributed by atoms with E-state index in [-0.39, 0.29) is 12.5 Å². The molecule has 0 radical (unpaired) electrons. The summed E-state index contributed by atoms with van der Waals surface area (Å²) in [4.78, 5) is 12.1. The van der Waals surface area contributed by atoms with Gasteiger partial charge in [0.1, 0.15) is 11.4 Å². The second kappa shape index (κ2) is 8.50. The highest BCUT2D eigenvalue weighted by Gasteiger charge is 2.30. The van der Waals surface area contributed by atoms with Crippen molar-refractivity contribution in [2.45, 2.75) is 25.9 Å². The molecule has 0 bridgehead atoms. The molecule has 1 N–H and O–H groups in total. The molecule has 24 heavy (non-hydrogen) atoms. The second-order valence-electron chi connectivity index (χ2n) is 5.75. The number of aryl methyl sites for hydroxylation is 1. The molecule has 0 unspecified atom stereocenters. The van der Waals surface area contributed by atoms with Crippen molar-refractivity contribution in [3.63, 3.8) is 0 Å². The van der Waals surface area contributed by atoms with Crippen LogP contribution in [0.5, 0.6) is 5.75 Å². The van der Waals surface area contributed by atoms with E-state index in [0.717, 1.165) is 23.3 Å². The van der Waals surface area contributed by atoms with Gasteiger partial charge in [0.2, 0.25) is 0 Å². The number of nitrogens with one attached hydrogen (secondary N) is 1. The van der Waals surface area contributed by atoms with Crippen LogP contribution in [0.15, 0.2) is 54.6 Å². The highest BCUT2D eigenvalue weighted by molar-refractivity contribution is 5.77. The molecule has 0 heterocycles. The van der Waals surface area contributed by atoms with Crippen LogP contribution >= 0.6 is 0 Å². The third-order valence-corrected chi connectivity index (χ3v) is 4.29. The first-order valence-corrected chi connectivity index (χ1v) is 8.17. The van der Waals surface area contributed by atoms with Crippen LogP contribution in [0.25, 0.3) is 0 Å². The van der Waals surface area contributed by atoms with E-state index in [2.05, 4.69) is 5.32 Å². The Morgan fingerprint density at radius 1 is 1.08 bits per heavy atom. The summed E-state index contributed by atoms with van der Waals surface area (Å²) in [6, 6.07) is 17.6. The highest BCUT2D eigenvalue weighted by Crippen LogP contribution is 2.28. The molecule has 2 aromatic rings. The highest BCUT2D eigenvalue weighted by atomic mass is 16.5. The van der Waals surface area contributed by atoms with E-state index in [1.165, 1.54) is 0 Å². The van der Waals surface area contributed by atoms with Crippen molar-refractivity contribution in [1.29, 1.82) is 0 Å². The fraction of sp³-hybridized carbons (Fsp3) is 0.350. The topological polar surface area (TPSA) is 47.6 Å². The molecule has 2 aromatic carbocycles. The number of para-hydroxylation sites is 1. The number of hydrogen-bond donors (Lipinski definition) is 1. The maximum Gasteiger partial charge on any atom is 0.258 e. The first kappa shape index (κ1) is 18.0. The van der Waals surface area contributed by atoms with Crippen LogP contribution in [0.3, 0.4) is 0 Å². The second-order valence-corrected chi connectivity index (χ2v) is 5.75. The largest absolute Gasteiger partial charge is 0.484 e. The minimum Gasteiger partial charge on any atom is -0.484 e. The van der Waals surface area contributed by atoms with E-state index in [1.54, 1.807) is 7.11 Å². The molecule has 0 saturated heterocycles. The lowest BCUT2D eigenvalue weighted by Gasteiger charge is -2.32. The monoisotopic (exact) mass is 327 g/mol. The lowest BCUT2D eigenvalue weighted by atomic mass is 9.90. The fourth-order valence-electron chi connectivity index (χ4n) is 2.66. The summed E-state index contributed by atoms with van der Waals surface area (Å²) in [5.41, 5.74) is 1.53. The van der Waals surface area contributed by atoms with Crippen LogP contribution in [0.4, 0.5) is 0 Å². The third-order valence-electron chi connectivity index (χ3n) is 4.29. The molecule has 0 saturated carbocycles. The zero-order chi connectivity index (χ0) is 17.4. The molecule has 128 valence electrons. The van der Waals surface area contributed by atoms with Gasteiger partial charge < -0.3 is 14.8 Å². The standard InChI is InChI=1S/C20H25NO3/c1-4-20(23-3,17-11-6-5-7-12-17)15-21-19(22)14-24-18-13-9-8-10-16(18)2/h5-13H,4,14-15H2,1-3H3,(H,21,22)/t20-/m0/s1. The molecular formula is C20H25NO3. The van der Waals surface area contributed by atoms with Crippen molar-refractivity contribution < 1.29 is 14.3 Å². The molecule has 0 aliphatic carbocycles. The van der Waals surface area contributed by atoms with Crippen molar-refractivity contribution in [2.75, 3.05) is 20.3 Å². The van der Waals surface area contributed by atoms with Crippen LogP contribution in [0, 0.1) is 6.92 Å². The summed E-state index contributed by atoms with van der Waals surface area (Å²) in [5.74, 6) is 0.563. The van der Waals surface area contributed by atoms with Gasteiger partial charge in [0.25, 0.3) is 5.91 Å². The Morgan fingerprint density at radius 3 is 2.38 bits per heavy atom. The van der Waals surface area contributed by atoms with Crippen molar-refractivity contribution in [3.05, 3.63) is 65.7 Å². The number of rotatable bonds is 8. The zero-order valence-corrected chi connectivity index (χ0v) is 14.5. The Kier molecular flexibility index (Phi) is 6.38. The van der Waals surface area contributed by atoms with Gasteiger partial charge in [-0.15, -0.1) is 0 Å². The van der Waals surface area contributed by atoms with Crippen LogP contribution in [0.2, 0.25) is 0 Å². The summed E-state index contributed by atoms with van der Waals surface area (Å²) in [6.45, 7) is 4.39. The van der Waals surface area contributed by atoms with E-state index in [0.29, 0.717) is 6.54 Å². The summed E-state index contributed by atoms with van der Waals surface area (Å²) in [5, 5.41) is 2.92. The normalized spacial score (nSPS) is 13.1. The van der Waals surface area contributed by atoms with Gasteiger partial charge in [-0.1, -0.05) is 55.5 Å². The SMILES string of the molecule is CC[C@@](CNC(=O)COc1ccccc1C)(OC)c1ccccc1. The smallest absolute Gasteiger partial charge is 0.258 e. The van der Waals surface area contributed by atoms with Crippen LogP contribution in [-0.2, 0) is 15.1 Å². The van der Waals surface area contributed by atoms with Gasteiger partial charge >= 0.3 is 0 Å². The minimum atomic E-state index is -0.528. The molecule has 2 rings (SSSR count). The molecule has 0 aliphatic heterocycles. The third kappa shape index (κ3) is 4.36. The maximum absolute atomic E-state index is 12.1. The van der Waals surface area contributed by atoms with Gasteiger partial charge in [0.15, 0.2) is 6.61 Å². The lowest BCUT2D eigenvalue weighted by Crippen LogP contribution is -2.43. The number of carbonyl (C=O) groups is 1. The van der Waals surface area contributed by atoms with E-state index < -0.39 is 5.60 Å². The van der Waals surface area contributed by atoms with Crippen LogP contribution in [0.1, 0.15) is 24.5 Å². The number of hydrogen-bond acceptors (Lipinski definition) is 3. The summed E-state index contributed by atoms with van der Waals surface area (Å²) in [7, 11) is 1.67. The van der Waals surface area contributed by atoms with Crippen LogP contribution < -0.4 is 10.1 Å². The van der Waals surface area contributed by atoms with E-state index in [9.17, 15) is 4.79 Å². The molecule has 1 atom stereocenters. The molecule has 0 spiro atoms. The molecule has 0 aliphatic rings. The summed E-state index contributed by atoms with van der Waals surface area (Å²) < 4.78 is 11.3. The Hall–Kier alpha value is -2.33. The first-order chi connectivity index (χ1) is 11.6. The number of methoxy groups -OCH3 is 1. The average molecular weight is 327 g/mol. The van der Waals surface area contributed by atoms with Gasteiger partial charge in [0, 0.05) is 7.11 Å². The van der Waals surface area contributed by atoms with Crippen molar-refractivity contribution in [2.24, 2.45) is 0 Å². The maximum atomic E-state index is 12.1. The Morgan fingerprint density at radius 2 is 1.75 bits per heavy atom. The molecular weight excluding hydrogens is 302 g/mol. The van der Waals surface area contributed by atoms with E-state index in [4.69, 9.17) is 9.47 Å². The summed E-state index contributed by atoms with van der Waals surface area (Å²) in [6.07, 6.45) is 0.756. The molecule has 0 aromatic heterocycles. The predicted molar refractivity (Wildman–Crippen MR) is 95.1 cm³/mol. The summed E-state index contributed by atoms with van der Waals surface area (Å²) >= 11 is 0. The van der Waals surface area contributed by atoms with Crippen molar-refractivity contribution >= 4 is 5.91 Å². The first-order valence-electron chi connectivity index (χ1n) is 8.17. The minimum absolute atomic E-state index is 0.0108. The molecule has 1 amide bonds. The molecule has 4 nitrogen and oxygen atoms in total. The van der Waals surface area contributed by atoms with Gasteiger partial charge in [-0.25, -0.2) is 0 Å². The van der Waals surface area contributed by atoms with Gasteiger partial charge in [-0.05, 0) is 30.5 Å². The quantitative estimate of drug-likeness (QED) is 0.808. The predicted octanol–water partition coefficient (Wildman–Crippen LogP) is 3.44. The molecule has 4 heteroatoms. The zero-order valence-electron chi connectivity index (χ0n) is 14.5. The Bertz CT molecular complexity index is 651. The number of amides is 1. The fourth-order valence-corrected chi connectivity index (χ4v) is 2.66. The average Bonchev–Trinajstić information content (AvgIpc) is 2.63. The number of carbonyl (C=O) groups excluding carboxylic acids is 1. The number of benzene rings is 2. The van der Waals surface area contributed by atoms with Crippen molar-refractivity contribution in [1.82, 2.24) is 5.32 Å². The lowest BCUT2D eigenvalue weighted by molar-refractivity contribution is -0.125. The van der Waals surface area contributed by atoms with Gasteiger partial charge in [-0.2, -0.15) is 0 Å². The van der Waals surface area contributed by atoms with Gasteiger partial charge in [0.05, 0.1) is 6.54 Å². The molecule has 0 fully saturated rings. The van der Waals surface area contributed by atoms with Crippen LogP contribution in [-0.4, -0.2) is 26.2 Å². The Labute approximate surface area is 143 Å². The van der Waals surface area contributed by atoms with E-state index in [1.807, 2.05) is 68.4 Å². The van der Waals surface area contributed by atoms with E-state index >= 15 is 0 Å². The van der Waals surface area contributed by atoms with Gasteiger partial charge in [-0.3, -0.25) is 4.79 Å². The van der Waals surface area contributed by atoms with Crippen molar-refractivity contribution in [3.8, 4) is 5.75 Å². The number of ether oxygens (including phenoxy) is 2.